The molecule has 0 amide bonds. The molecule has 2 heteroatoms. The van der Waals surface area contributed by atoms with Crippen molar-refractivity contribution < 1.29 is 5.11 Å². The highest BCUT2D eigenvalue weighted by atomic mass is 16.3. The van der Waals surface area contributed by atoms with E-state index in [9.17, 15) is 5.11 Å². The van der Waals surface area contributed by atoms with E-state index >= 15 is 0 Å². The van der Waals surface area contributed by atoms with Gasteiger partial charge in [0.1, 0.15) is 0 Å². The van der Waals surface area contributed by atoms with Crippen molar-refractivity contribution in [2.45, 2.75) is 71.3 Å². The van der Waals surface area contributed by atoms with Gasteiger partial charge in [-0.05, 0) is 45.2 Å². The van der Waals surface area contributed by atoms with Crippen molar-refractivity contribution in [1.29, 1.82) is 0 Å². The second-order valence-electron chi connectivity index (χ2n) is 5.82. The van der Waals surface area contributed by atoms with Gasteiger partial charge >= 0.3 is 0 Å². The minimum absolute atomic E-state index is 0.356. The fourth-order valence-corrected chi connectivity index (χ4v) is 2.12. The molecule has 2 N–H and O–H groups in total. The van der Waals surface area contributed by atoms with E-state index in [4.69, 9.17) is 0 Å². The lowest BCUT2D eigenvalue weighted by atomic mass is 10.2. The van der Waals surface area contributed by atoms with Crippen LogP contribution in [0.3, 0.4) is 0 Å². The van der Waals surface area contributed by atoms with Crippen LogP contribution < -0.4 is 5.32 Å². The van der Waals surface area contributed by atoms with Crippen molar-refractivity contribution in [3.05, 3.63) is 48.6 Å². The lowest BCUT2D eigenvalue weighted by Crippen LogP contribution is -2.20. The number of rotatable bonds is 15. The Morgan fingerprint density at radius 2 is 1.61 bits per heavy atom. The molecule has 1 atom stereocenters. The van der Waals surface area contributed by atoms with Gasteiger partial charge in [0, 0.05) is 0 Å². The molecule has 2 nitrogen and oxygen atoms in total. The summed E-state index contributed by atoms with van der Waals surface area (Å²) in [5.41, 5.74) is 0. The summed E-state index contributed by atoms with van der Waals surface area (Å²) >= 11 is 0. The second-order valence-corrected chi connectivity index (χ2v) is 5.82. The molecule has 0 aromatic carbocycles. The zero-order chi connectivity index (χ0) is 17.0. The van der Waals surface area contributed by atoms with E-state index in [-0.39, 0.29) is 6.10 Å². The Morgan fingerprint density at radius 3 is 2.39 bits per heavy atom. The third-order valence-corrected chi connectivity index (χ3v) is 3.53. The van der Waals surface area contributed by atoms with E-state index in [1.165, 1.54) is 25.7 Å². The number of allylic oxidation sites excluding steroid dienone is 7. The monoisotopic (exact) mass is 319 g/mol. The number of nitrogens with one attached hydrogen (secondary N) is 1. The summed E-state index contributed by atoms with van der Waals surface area (Å²) in [7, 11) is 0. The fourth-order valence-electron chi connectivity index (χ4n) is 2.12. The van der Waals surface area contributed by atoms with Crippen molar-refractivity contribution in [1.82, 2.24) is 5.32 Å². The average molecular weight is 320 g/mol. The Balaban J connectivity index is 3.52. The molecule has 0 aliphatic heterocycles. The summed E-state index contributed by atoms with van der Waals surface area (Å²) in [6.07, 6.45) is 25.3. The predicted molar refractivity (Wildman–Crippen MR) is 104 cm³/mol. The van der Waals surface area contributed by atoms with Crippen molar-refractivity contribution in [3.63, 3.8) is 0 Å². The maximum absolute atomic E-state index is 9.83. The summed E-state index contributed by atoms with van der Waals surface area (Å²) in [6, 6.07) is 0. The smallest absolute Gasteiger partial charge is 0.0736 e. The van der Waals surface area contributed by atoms with Crippen LogP contribution in [-0.2, 0) is 0 Å². The van der Waals surface area contributed by atoms with E-state index in [0.29, 0.717) is 0 Å². The Morgan fingerprint density at radius 1 is 0.826 bits per heavy atom. The van der Waals surface area contributed by atoms with Crippen LogP contribution in [0, 0.1) is 0 Å². The summed E-state index contributed by atoms with van der Waals surface area (Å²) in [5.74, 6) is 0. The number of unbranched alkanes of at least 4 members (excludes halogenated alkanes) is 4. The molecule has 0 bridgehead atoms. The molecule has 0 spiro atoms. The molecular formula is C21H37NO. The van der Waals surface area contributed by atoms with E-state index < -0.39 is 0 Å². The quantitative estimate of drug-likeness (QED) is 0.243. The zero-order valence-corrected chi connectivity index (χ0v) is 15.2. The van der Waals surface area contributed by atoms with Gasteiger partial charge in [-0.25, -0.2) is 0 Å². The van der Waals surface area contributed by atoms with Crippen LogP contribution in [0.2, 0.25) is 0 Å². The van der Waals surface area contributed by atoms with Crippen molar-refractivity contribution in [2.24, 2.45) is 0 Å². The summed E-state index contributed by atoms with van der Waals surface area (Å²) in [6.45, 7) is 6.33. The zero-order valence-electron chi connectivity index (χ0n) is 15.2. The largest absolute Gasteiger partial charge is 0.389 e. The second kappa shape index (κ2) is 18.9. The van der Waals surface area contributed by atoms with Gasteiger partial charge in [-0.15, -0.1) is 0 Å². The van der Waals surface area contributed by atoms with E-state index in [1.54, 1.807) is 0 Å². The standard InChI is InChI=1S/C21H37NO/c1-3-5-7-9-10-11-12-13-14-15-17-21(23)18-20-22-19-16-8-6-4-2/h5,7,11-15,17,21-23H,3-4,6,8-10,16,18-20H2,1-2H3/b7-5-,12-11+,14-13-,17-15+/t21-/m1/s1. The minimum atomic E-state index is -0.356. The molecule has 23 heavy (non-hydrogen) atoms. The first-order chi connectivity index (χ1) is 11.3. The average Bonchev–Trinajstić information content (AvgIpc) is 2.55. The van der Waals surface area contributed by atoms with Gasteiger partial charge in [0.05, 0.1) is 6.10 Å². The molecule has 0 aromatic rings. The molecular weight excluding hydrogens is 282 g/mol. The molecule has 0 saturated heterocycles. The maximum Gasteiger partial charge on any atom is 0.0736 e. The highest BCUT2D eigenvalue weighted by Crippen LogP contribution is 1.98. The van der Waals surface area contributed by atoms with Crippen LogP contribution in [0.1, 0.15) is 65.2 Å². The third kappa shape index (κ3) is 18.8. The van der Waals surface area contributed by atoms with Gasteiger partial charge in [-0.2, -0.15) is 0 Å². The SMILES string of the molecule is CC/C=C\CC/C=C/C=C\C=C\[C@@H](O)CCNCCCCCC. The van der Waals surface area contributed by atoms with Gasteiger partial charge in [0.25, 0.3) is 0 Å². The van der Waals surface area contributed by atoms with Crippen molar-refractivity contribution in [3.8, 4) is 0 Å². The normalized spacial score (nSPS) is 14.0. The van der Waals surface area contributed by atoms with Crippen LogP contribution in [0.25, 0.3) is 0 Å². The molecule has 0 unspecified atom stereocenters. The summed E-state index contributed by atoms with van der Waals surface area (Å²) in [4.78, 5) is 0. The number of hydrogen-bond donors (Lipinski definition) is 2. The van der Waals surface area contributed by atoms with Crippen LogP contribution in [0.5, 0.6) is 0 Å². The maximum atomic E-state index is 9.83. The molecule has 0 radical (unpaired) electrons. The Labute approximate surface area is 144 Å². The minimum Gasteiger partial charge on any atom is -0.389 e. The number of aliphatic hydroxyl groups excluding tert-OH is 1. The van der Waals surface area contributed by atoms with Crippen LogP contribution >= 0.6 is 0 Å². The number of hydrogen-bond acceptors (Lipinski definition) is 2. The Hall–Kier alpha value is -1.12. The Kier molecular flexibility index (Phi) is 18.0. The molecule has 0 aromatic heterocycles. The molecule has 0 fully saturated rings. The van der Waals surface area contributed by atoms with E-state index in [1.807, 2.05) is 24.3 Å². The first-order valence-electron chi connectivity index (χ1n) is 9.35. The van der Waals surface area contributed by atoms with Gasteiger partial charge in [-0.1, -0.05) is 81.7 Å². The van der Waals surface area contributed by atoms with Gasteiger partial charge < -0.3 is 10.4 Å². The topological polar surface area (TPSA) is 32.3 Å². The van der Waals surface area contributed by atoms with Crippen LogP contribution in [0.4, 0.5) is 0 Å². The molecule has 0 heterocycles. The van der Waals surface area contributed by atoms with E-state index in [2.05, 4.69) is 43.5 Å². The van der Waals surface area contributed by atoms with Crippen LogP contribution in [-0.4, -0.2) is 24.3 Å². The first-order valence-corrected chi connectivity index (χ1v) is 9.35. The van der Waals surface area contributed by atoms with Gasteiger partial charge in [0.2, 0.25) is 0 Å². The lowest BCUT2D eigenvalue weighted by Gasteiger charge is -2.06. The third-order valence-electron chi connectivity index (χ3n) is 3.53. The lowest BCUT2D eigenvalue weighted by molar-refractivity contribution is 0.211. The fraction of sp³-hybridized carbons (Fsp3) is 0.619. The predicted octanol–water partition coefficient (Wildman–Crippen LogP) is 5.32. The molecule has 0 saturated carbocycles. The molecule has 0 aliphatic carbocycles. The summed E-state index contributed by atoms with van der Waals surface area (Å²) < 4.78 is 0. The molecule has 132 valence electrons. The highest BCUT2D eigenvalue weighted by Gasteiger charge is 1.97. The van der Waals surface area contributed by atoms with Gasteiger partial charge in [0.15, 0.2) is 0 Å². The first kappa shape index (κ1) is 21.9. The van der Waals surface area contributed by atoms with Crippen molar-refractivity contribution in [2.75, 3.05) is 13.1 Å². The van der Waals surface area contributed by atoms with Crippen molar-refractivity contribution >= 4 is 0 Å². The summed E-state index contributed by atoms with van der Waals surface area (Å²) in [5, 5.41) is 13.2. The van der Waals surface area contributed by atoms with E-state index in [0.717, 1.165) is 38.8 Å². The molecule has 0 rings (SSSR count). The van der Waals surface area contributed by atoms with Gasteiger partial charge in [-0.3, -0.25) is 0 Å². The molecule has 0 aliphatic rings. The highest BCUT2D eigenvalue weighted by molar-refractivity contribution is 5.12. The Bertz CT molecular complexity index is 342. The van der Waals surface area contributed by atoms with Crippen LogP contribution in [0.15, 0.2) is 48.6 Å². The number of aliphatic hydroxyl groups is 1.